The molecule has 0 bridgehead atoms. The molecule has 20 heavy (non-hydrogen) atoms. The number of methoxy groups -OCH3 is 1. The van der Waals surface area contributed by atoms with E-state index in [0.717, 1.165) is 11.3 Å². The first kappa shape index (κ1) is 13.9. The Bertz CT molecular complexity index is 610. The molecule has 104 valence electrons. The van der Waals surface area contributed by atoms with Gasteiger partial charge in [0.2, 0.25) is 5.91 Å². The van der Waals surface area contributed by atoms with Crippen LogP contribution in [0.15, 0.2) is 48.5 Å². The van der Waals surface area contributed by atoms with Gasteiger partial charge in [0.1, 0.15) is 11.5 Å². The summed E-state index contributed by atoms with van der Waals surface area (Å²) in [4.78, 5) is 13.8. The second-order valence-electron chi connectivity index (χ2n) is 4.50. The van der Waals surface area contributed by atoms with E-state index in [1.165, 1.54) is 4.90 Å². The molecule has 0 spiro atoms. The summed E-state index contributed by atoms with van der Waals surface area (Å²) in [7, 11) is 3.29. The van der Waals surface area contributed by atoms with Gasteiger partial charge in [-0.3, -0.25) is 4.79 Å². The number of phenolic OH excluding ortho intramolecular Hbond substituents is 1. The smallest absolute Gasteiger partial charge is 0.231 e. The summed E-state index contributed by atoms with van der Waals surface area (Å²) in [5.74, 6) is 0.822. The third-order valence-electron chi connectivity index (χ3n) is 3.08. The first-order valence-corrected chi connectivity index (χ1v) is 6.28. The quantitative estimate of drug-likeness (QED) is 0.930. The summed E-state index contributed by atoms with van der Waals surface area (Å²) < 4.78 is 5.14. The average Bonchev–Trinajstić information content (AvgIpc) is 2.46. The maximum atomic E-state index is 12.2. The van der Waals surface area contributed by atoms with Crippen LogP contribution in [0.25, 0.3) is 0 Å². The Labute approximate surface area is 118 Å². The Morgan fingerprint density at radius 2 is 1.95 bits per heavy atom. The van der Waals surface area contributed by atoms with Crippen molar-refractivity contribution in [1.29, 1.82) is 0 Å². The van der Waals surface area contributed by atoms with Crippen LogP contribution in [-0.2, 0) is 11.2 Å². The van der Waals surface area contributed by atoms with Crippen LogP contribution in [0.2, 0.25) is 0 Å². The number of rotatable bonds is 4. The lowest BCUT2D eigenvalue weighted by molar-refractivity contribution is -0.117. The largest absolute Gasteiger partial charge is 0.508 e. The van der Waals surface area contributed by atoms with Crippen molar-refractivity contribution in [3.63, 3.8) is 0 Å². The van der Waals surface area contributed by atoms with E-state index in [1.54, 1.807) is 38.4 Å². The molecule has 0 unspecified atom stereocenters. The number of anilines is 1. The molecule has 4 heteroatoms. The standard InChI is InChI=1S/C16H17NO3/c1-17(13-6-4-7-14(18)11-13)16(19)10-12-5-3-8-15(9-12)20-2/h3-9,11,18H,10H2,1-2H3. The molecule has 0 saturated carbocycles. The lowest BCUT2D eigenvalue weighted by atomic mass is 10.1. The molecule has 0 radical (unpaired) electrons. The molecule has 4 nitrogen and oxygen atoms in total. The van der Waals surface area contributed by atoms with Gasteiger partial charge in [-0.15, -0.1) is 0 Å². The minimum Gasteiger partial charge on any atom is -0.508 e. The van der Waals surface area contributed by atoms with Gasteiger partial charge in [0, 0.05) is 18.8 Å². The van der Waals surface area contributed by atoms with Crippen LogP contribution < -0.4 is 9.64 Å². The van der Waals surface area contributed by atoms with Crippen molar-refractivity contribution in [1.82, 2.24) is 0 Å². The number of carbonyl (C=O) groups is 1. The number of likely N-dealkylation sites (N-methyl/N-ethyl adjacent to an activating group) is 1. The summed E-state index contributed by atoms with van der Waals surface area (Å²) in [5.41, 5.74) is 1.55. The number of aromatic hydroxyl groups is 1. The van der Waals surface area contributed by atoms with Gasteiger partial charge in [0.15, 0.2) is 0 Å². The van der Waals surface area contributed by atoms with Crippen LogP contribution >= 0.6 is 0 Å². The van der Waals surface area contributed by atoms with Gasteiger partial charge in [0.05, 0.1) is 13.5 Å². The zero-order valence-electron chi connectivity index (χ0n) is 11.5. The molecule has 2 rings (SSSR count). The fourth-order valence-electron chi connectivity index (χ4n) is 1.92. The molecule has 0 aromatic heterocycles. The van der Waals surface area contributed by atoms with E-state index in [9.17, 15) is 9.90 Å². The fourth-order valence-corrected chi connectivity index (χ4v) is 1.92. The molecule has 2 aromatic rings. The van der Waals surface area contributed by atoms with Gasteiger partial charge >= 0.3 is 0 Å². The van der Waals surface area contributed by atoms with Crippen molar-refractivity contribution in [2.24, 2.45) is 0 Å². The van der Waals surface area contributed by atoms with Crippen LogP contribution in [0.5, 0.6) is 11.5 Å². The Morgan fingerprint density at radius 1 is 1.20 bits per heavy atom. The second-order valence-corrected chi connectivity index (χ2v) is 4.50. The summed E-state index contributed by atoms with van der Waals surface area (Å²) in [6.07, 6.45) is 0.281. The number of carbonyl (C=O) groups excluding carboxylic acids is 1. The van der Waals surface area contributed by atoms with Crippen molar-refractivity contribution in [2.45, 2.75) is 6.42 Å². The fraction of sp³-hybridized carbons (Fsp3) is 0.188. The minimum atomic E-state index is -0.0520. The van der Waals surface area contributed by atoms with Crippen LogP contribution in [0.3, 0.4) is 0 Å². The molecule has 0 aliphatic rings. The van der Waals surface area contributed by atoms with E-state index in [0.29, 0.717) is 5.69 Å². The van der Waals surface area contributed by atoms with Crippen molar-refractivity contribution in [2.75, 3.05) is 19.1 Å². The average molecular weight is 271 g/mol. The molecule has 0 aliphatic carbocycles. The van der Waals surface area contributed by atoms with E-state index >= 15 is 0 Å². The van der Waals surface area contributed by atoms with Gasteiger partial charge in [-0.05, 0) is 29.8 Å². The molecule has 0 heterocycles. The molecule has 0 atom stereocenters. The third kappa shape index (κ3) is 3.29. The maximum absolute atomic E-state index is 12.2. The third-order valence-corrected chi connectivity index (χ3v) is 3.08. The van der Waals surface area contributed by atoms with Crippen molar-refractivity contribution >= 4 is 11.6 Å². The molecule has 2 aromatic carbocycles. The van der Waals surface area contributed by atoms with Gasteiger partial charge in [-0.25, -0.2) is 0 Å². The summed E-state index contributed by atoms with van der Waals surface area (Å²) >= 11 is 0. The maximum Gasteiger partial charge on any atom is 0.231 e. The second kappa shape index (κ2) is 6.10. The lowest BCUT2D eigenvalue weighted by Crippen LogP contribution is -2.27. The van der Waals surface area contributed by atoms with Gasteiger partial charge < -0.3 is 14.7 Å². The Balaban J connectivity index is 2.11. The number of phenols is 1. The van der Waals surface area contributed by atoms with Crippen LogP contribution in [0.4, 0.5) is 5.69 Å². The molecule has 1 N–H and O–H groups in total. The van der Waals surface area contributed by atoms with Crippen molar-refractivity contribution in [3.05, 3.63) is 54.1 Å². The topological polar surface area (TPSA) is 49.8 Å². The Kier molecular flexibility index (Phi) is 4.25. The molecule has 0 saturated heterocycles. The van der Waals surface area contributed by atoms with E-state index in [1.807, 2.05) is 24.3 Å². The highest BCUT2D eigenvalue weighted by atomic mass is 16.5. The van der Waals surface area contributed by atoms with Crippen LogP contribution in [0.1, 0.15) is 5.56 Å². The van der Waals surface area contributed by atoms with E-state index in [4.69, 9.17) is 4.74 Å². The van der Waals surface area contributed by atoms with E-state index in [2.05, 4.69) is 0 Å². The predicted molar refractivity (Wildman–Crippen MR) is 78.2 cm³/mol. The summed E-state index contributed by atoms with van der Waals surface area (Å²) in [5, 5.41) is 9.45. The molecule has 0 fully saturated rings. The highest BCUT2D eigenvalue weighted by Gasteiger charge is 2.12. The monoisotopic (exact) mass is 271 g/mol. The number of nitrogens with zero attached hydrogens (tertiary/aromatic N) is 1. The summed E-state index contributed by atoms with van der Waals surface area (Å²) in [6, 6.07) is 14.0. The number of ether oxygens (including phenoxy) is 1. The van der Waals surface area contributed by atoms with Gasteiger partial charge in [0.25, 0.3) is 0 Å². The zero-order valence-corrected chi connectivity index (χ0v) is 11.5. The number of hydrogen-bond donors (Lipinski definition) is 1. The molecular formula is C16H17NO3. The van der Waals surface area contributed by atoms with Crippen molar-refractivity contribution < 1.29 is 14.6 Å². The van der Waals surface area contributed by atoms with Gasteiger partial charge in [-0.1, -0.05) is 18.2 Å². The first-order valence-electron chi connectivity index (χ1n) is 6.28. The van der Waals surface area contributed by atoms with Crippen molar-refractivity contribution in [3.8, 4) is 11.5 Å². The Morgan fingerprint density at radius 3 is 2.65 bits per heavy atom. The highest BCUT2D eigenvalue weighted by molar-refractivity contribution is 5.94. The molecular weight excluding hydrogens is 254 g/mol. The lowest BCUT2D eigenvalue weighted by Gasteiger charge is -2.17. The number of amides is 1. The summed E-state index contributed by atoms with van der Waals surface area (Å²) in [6.45, 7) is 0. The number of hydrogen-bond acceptors (Lipinski definition) is 3. The highest BCUT2D eigenvalue weighted by Crippen LogP contribution is 2.20. The van der Waals surface area contributed by atoms with E-state index < -0.39 is 0 Å². The van der Waals surface area contributed by atoms with E-state index in [-0.39, 0.29) is 18.1 Å². The minimum absolute atomic E-state index is 0.0520. The molecule has 0 aliphatic heterocycles. The Hall–Kier alpha value is -2.49. The van der Waals surface area contributed by atoms with Crippen LogP contribution in [-0.4, -0.2) is 25.2 Å². The van der Waals surface area contributed by atoms with Gasteiger partial charge in [-0.2, -0.15) is 0 Å². The SMILES string of the molecule is COc1cccc(CC(=O)N(C)c2cccc(O)c2)c1. The molecule has 1 amide bonds. The normalized spacial score (nSPS) is 10.1. The van der Waals surface area contributed by atoms with Crippen LogP contribution in [0, 0.1) is 0 Å². The number of benzene rings is 2. The predicted octanol–water partition coefficient (Wildman–Crippen LogP) is 2.61. The zero-order chi connectivity index (χ0) is 14.5. The first-order chi connectivity index (χ1) is 9.60.